The van der Waals surface area contributed by atoms with Crippen LogP contribution in [-0.4, -0.2) is 39.7 Å². The molecule has 0 bridgehead atoms. The second kappa shape index (κ2) is 6.52. The van der Waals surface area contributed by atoms with Crippen molar-refractivity contribution in [3.8, 4) is 0 Å². The van der Waals surface area contributed by atoms with Gasteiger partial charge in [0.15, 0.2) is 9.84 Å². The normalized spacial score (nSPS) is 23.7. The Labute approximate surface area is 140 Å². The summed E-state index contributed by atoms with van der Waals surface area (Å²) in [4.78, 5) is 23.0. The van der Waals surface area contributed by atoms with Crippen LogP contribution in [0.25, 0.3) is 0 Å². The number of hydrogen-bond acceptors (Lipinski definition) is 6. The molecule has 1 aromatic rings. The van der Waals surface area contributed by atoms with Gasteiger partial charge in [0, 0.05) is 17.6 Å². The Morgan fingerprint density at radius 3 is 2.71 bits per heavy atom. The van der Waals surface area contributed by atoms with Crippen LogP contribution in [0.5, 0.6) is 0 Å². The maximum Gasteiger partial charge on any atom is 0.411 e. The van der Waals surface area contributed by atoms with E-state index in [1.807, 2.05) is 0 Å². The molecule has 1 saturated carbocycles. The number of carbonyl (C=O) groups excluding carboxylic acids is 2. The Morgan fingerprint density at radius 2 is 2.08 bits per heavy atom. The molecule has 3 rings (SSSR count). The van der Waals surface area contributed by atoms with Gasteiger partial charge in [-0.15, -0.1) is 0 Å². The van der Waals surface area contributed by atoms with Crippen LogP contribution in [0.4, 0.5) is 10.5 Å². The van der Waals surface area contributed by atoms with Gasteiger partial charge in [-0.1, -0.05) is 0 Å². The summed E-state index contributed by atoms with van der Waals surface area (Å²) >= 11 is 0. The highest BCUT2D eigenvalue weighted by Gasteiger charge is 2.40. The Hall–Kier alpha value is -1.93. The van der Waals surface area contributed by atoms with E-state index >= 15 is 0 Å². The van der Waals surface area contributed by atoms with Gasteiger partial charge >= 0.3 is 6.09 Å². The number of carbonyl (C=O) groups is 2. The lowest BCUT2D eigenvalue weighted by Crippen LogP contribution is -2.23. The molecule has 24 heavy (non-hydrogen) atoms. The molecule has 2 aliphatic rings. The fourth-order valence-electron chi connectivity index (χ4n) is 3.07. The first-order valence-corrected chi connectivity index (χ1v) is 9.43. The SMILES string of the molecule is COC(=O)Nc1ccc(S(=O)(=O)C2CC2)c([C@@H]2NCC[C@H]2C=O)c1. The average Bonchev–Trinajstić information content (AvgIpc) is 3.33. The van der Waals surface area contributed by atoms with E-state index in [4.69, 9.17) is 0 Å². The molecule has 1 saturated heterocycles. The maximum absolute atomic E-state index is 12.7. The van der Waals surface area contributed by atoms with Crippen LogP contribution in [0.1, 0.15) is 30.9 Å². The van der Waals surface area contributed by atoms with Crippen LogP contribution in [0.15, 0.2) is 23.1 Å². The summed E-state index contributed by atoms with van der Waals surface area (Å²) in [5, 5.41) is 5.40. The zero-order valence-corrected chi connectivity index (χ0v) is 14.1. The molecule has 1 heterocycles. The van der Waals surface area contributed by atoms with Crippen LogP contribution in [0.3, 0.4) is 0 Å². The molecule has 0 aromatic heterocycles. The van der Waals surface area contributed by atoms with Crippen molar-refractivity contribution in [2.45, 2.75) is 35.4 Å². The van der Waals surface area contributed by atoms with Crippen molar-refractivity contribution in [3.05, 3.63) is 23.8 Å². The summed E-state index contributed by atoms with van der Waals surface area (Å²) in [6, 6.07) is 4.30. The monoisotopic (exact) mass is 352 g/mol. The minimum atomic E-state index is -3.42. The molecule has 1 aliphatic carbocycles. The number of sulfone groups is 1. The number of benzene rings is 1. The number of rotatable bonds is 5. The number of ether oxygens (including phenoxy) is 1. The van der Waals surface area contributed by atoms with Crippen molar-refractivity contribution < 1.29 is 22.7 Å². The summed E-state index contributed by atoms with van der Waals surface area (Å²) in [5.74, 6) is -0.286. The predicted octanol–water partition coefficient (Wildman–Crippen LogP) is 1.65. The topological polar surface area (TPSA) is 102 Å². The van der Waals surface area contributed by atoms with Crippen molar-refractivity contribution in [1.29, 1.82) is 0 Å². The molecule has 0 radical (unpaired) electrons. The van der Waals surface area contributed by atoms with Crippen molar-refractivity contribution in [2.75, 3.05) is 19.0 Å². The molecule has 2 atom stereocenters. The molecule has 2 N–H and O–H groups in total. The van der Waals surface area contributed by atoms with Gasteiger partial charge in [-0.05, 0) is 49.6 Å². The predicted molar refractivity (Wildman–Crippen MR) is 87.6 cm³/mol. The minimum Gasteiger partial charge on any atom is -0.453 e. The molecule has 0 unspecified atom stereocenters. The first-order valence-electron chi connectivity index (χ1n) is 7.89. The van der Waals surface area contributed by atoms with Crippen LogP contribution >= 0.6 is 0 Å². The molecule has 7 nitrogen and oxygen atoms in total. The van der Waals surface area contributed by atoms with Gasteiger partial charge < -0.3 is 14.8 Å². The summed E-state index contributed by atoms with van der Waals surface area (Å²) < 4.78 is 30.0. The van der Waals surface area contributed by atoms with E-state index in [0.29, 0.717) is 37.1 Å². The van der Waals surface area contributed by atoms with E-state index in [9.17, 15) is 18.0 Å². The third-order valence-electron chi connectivity index (χ3n) is 4.49. The second-order valence-electron chi connectivity index (χ2n) is 6.13. The van der Waals surface area contributed by atoms with Crippen LogP contribution in [0, 0.1) is 5.92 Å². The quantitative estimate of drug-likeness (QED) is 0.782. The lowest BCUT2D eigenvalue weighted by atomic mass is 9.95. The lowest BCUT2D eigenvalue weighted by Gasteiger charge is -2.20. The van der Waals surface area contributed by atoms with Crippen LogP contribution in [-0.2, 0) is 19.4 Å². The Bertz CT molecular complexity index is 758. The molecule has 8 heteroatoms. The standard InChI is InChI=1S/C16H20N2O5S/c1-23-16(20)18-11-2-5-14(24(21,22)12-3-4-12)13(8-11)15-10(9-19)6-7-17-15/h2,5,8-10,12,15,17H,3-4,6-7H2,1H3,(H,18,20)/t10-,15+/m0/s1. The van der Waals surface area contributed by atoms with Gasteiger partial charge in [0.1, 0.15) is 6.29 Å². The van der Waals surface area contributed by atoms with Crippen molar-refractivity contribution >= 4 is 27.9 Å². The fourth-order valence-corrected chi connectivity index (χ4v) is 4.95. The summed E-state index contributed by atoms with van der Waals surface area (Å²) in [7, 11) is -2.16. The van der Waals surface area contributed by atoms with Crippen molar-refractivity contribution in [2.24, 2.45) is 5.92 Å². The number of nitrogens with one attached hydrogen (secondary N) is 2. The van der Waals surface area contributed by atoms with Crippen LogP contribution in [0.2, 0.25) is 0 Å². The Morgan fingerprint density at radius 1 is 1.33 bits per heavy atom. The number of amides is 1. The molecular weight excluding hydrogens is 332 g/mol. The smallest absolute Gasteiger partial charge is 0.411 e. The Balaban J connectivity index is 2.04. The number of anilines is 1. The Kier molecular flexibility index (Phi) is 4.60. The molecule has 2 fully saturated rings. The van der Waals surface area contributed by atoms with Gasteiger partial charge in [-0.25, -0.2) is 13.2 Å². The van der Waals surface area contributed by atoms with Gasteiger partial charge in [-0.2, -0.15) is 0 Å². The molecule has 130 valence electrons. The second-order valence-corrected chi connectivity index (χ2v) is 8.33. The maximum atomic E-state index is 12.7. The van der Waals surface area contributed by atoms with Gasteiger partial charge in [0.2, 0.25) is 0 Å². The average molecular weight is 352 g/mol. The highest BCUT2D eigenvalue weighted by Crippen LogP contribution is 2.40. The molecular formula is C16H20N2O5S. The summed E-state index contributed by atoms with van der Waals surface area (Å²) in [6.07, 6.45) is 2.22. The largest absolute Gasteiger partial charge is 0.453 e. The van der Waals surface area contributed by atoms with E-state index in [2.05, 4.69) is 15.4 Å². The summed E-state index contributed by atoms with van der Waals surface area (Å²) in [5.41, 5.74) is 0.968. The molecule has 0 spiro atoms. The fraction of sp³-hybridized carbons (Fsp3) is 0.500. The van der Waals surface area contributed by atoms with E-state index in [0.717, 1.165) is 6.29 Å². The van der Waals surface area contributed by atoms with E-state index < -0.39 is 15.9 Å². The molecule has 1 amide bonds. The molecule has 1 aliphatic heterocycles. The number of aldehydes is 1. The first kappa shape index (κ1) is 16.9. The van der Waals surface area contributed by atoms with Crippen molar-refractivity contribution in [3.63, 3.8) is 0 Å². The zero-order valence-electron chi connectivity index (χ0n) is 13.3. The van der Waals surface area contributed by atoms with Gasteiger partial charge in [0.25, 0.3) is 0 Å². The first-order chi connectivity index (χ1) is 11.5. The van der Waals surface area contributed by atoms with Crippen molar-refractivity contribution in [1.82, 2.24) is 5.32 Å². The van der Waals surface area contributed by atoms with E-state index in [-0.39, 0.29) is 22.1 Å². The third kappa shape index (κ3) is 3.16. The molecule has 1 aromatic carbocycles. The number of methoxy groups -OCH3 is 1. The van der Waals surface area contributed by atoms with Gasteiger partial charge in [-0.3, -0.25) is 5.32 Å². The minimum absolute atomic E-state index is 0.242. The highest BCUT2D eigenvalue weighted by molar-refractivity contribution is 7.92. The summed E-state index contributed by atoms with van der Waals surface area (Å²) in [6.45, 7) is 0.644. The highest BCUT2D eigenvalue weighted by atomic mass is 32.2. The lowest BCUT2D eigenvalue weighted by molar-refractivity contribution is -0.111. The zero-order chi connectivity index (χ0) is 17.3. The van der Waals surface area contributed by atoms with E-state index in [1.165, 1.54) is 13.2 Å². The number of hydrogen-bond donors (Lipinski definition) is 2. The van der Waals surface area contributed by atoms with E-state index in [1.54, 1.807) is 12.1 Å². The van der Waals surface area contributed by atoms with Crippen LogP contribution < -0.4 is 10.6 Å². The van der Waals surface area contributed by atoms with Gasteiger partial charge in [0.05, 0.1) is 17.3 Å². The third-order valence-corrected chi connectivity index (χ3v) is 6.83.